The minimum atomic E-state index is -1.39. The number of carbonyl (C=O) groups is 1. The van der Waals surface area contributed by atoms with E-state index in [-0.39, 0.29) is 17.9 Å². The molecular formula is C12H18N2O6. The van der Waals surface area contributed by atoms with Crippen molar-refractivity contribution in [3.8, 4) is 5.75 Å². The van der Waals surface area contributed by atoms with E-state index in [1.807, 2.05) is 0 Å². The molecule has 1 unspecified atom stereocenters. The molecule has 1 heterocycles. The van der Waals surface area contributed by atoms with E-state index in [9.17, 15) is 24.9 Å². The minimum Gasteiger partial charge on any atom is -0.503 e. The first-order chi connectivity index (χ1) is 9.33. The van der Waals surface area contributed by atoms with Crippen molar-refractivity contribution in [2.24, 2.45) is 0 Å². The van der Waals surface area contributed by atoms with Gasteiger partial charge in [0.05, 0.1) is 18.9 Å². The third kappa shape index (κ3) is 3.16. The van der Waals surface area contributed by atoms with E-state index in [0.29, 0.717) is 0 Å². The maximum atomic E-state index is 11.6. The second kappa shape index (κ2) is 6.51. The molecule has 0 saturated carbocycles. The molecule has 0 fully saturated rings. The molecule has 0 bridgehead atoms. The second-order valence-corrected chi connectivity index (χ2v) is 4.60. The summed E-state index contributed by atoms with van der Waals surface area (Å²) in [5, 5.41) is 37.5. The maximum Gasteiger partial charge on any atom is 0.329 e. The van der Waals surface area contributed by atoms with Crippen LogP contribution in [-0.4, -0.2) is 56.6 Å². The van der Waals surface area contributed by atoms with Gasteiger partial charge >= 0.3 is 5.97 Å². The summed E-state index contributed by atoms with van der Waals surface area (Å²) in [6.07, 6.45) is 0. The molecule has 0 amide bonds. The highest BCUT2D eigenvalue weighted by molar-refractivity contribution is 5.72. The van der Waals surface area contributed by atoms with E-state index < -0.39 is 36.4 Å². The second-order valence-electron chi connectivity index (χ2n) is 4.60. The molecule has 1 aromatic heterocycles. The molecular weight excluding hydrogens is 268 g/mol. The van der Waals surface area contributed by atoms with Crippen molar-refractivity contribution in [1.82, 2.24) is 9.47 Å². The number of carboxylic acid groups (broad SMARTS) is 1. The predicted octanol–water partition coefficient (Wildman–Crippen LogP) is -1.27. The average molecular weight is 286 g/mol. The molecule has 1 rings (SSSR count). The van der Waals surface area contributed by atoms with E-state index in [1.54, 1.807) is 19.0 Å². The minimum absolute atomic E-state index is 0.0195. The third-order valence-corrected chi connectivity index (χ3v) is 2.80. The van der Waals surface area contributed by atoms with Crippen LogP contribution in [0, 0.1) is 0 Å². The lowest BCUT2D eigenvalue weighted by Crippen LogP contribution is -2.31. The zero-order valence-corrected chi connectivity index (χ0v) is 11.3. The molecule has 0 aliphatic carbocycles. The summed E-state index contributed by atoms with van der Waals surface area (Å²) in [5.74, 6) is -1.92. The fourth-order valence-corrected chi connectivity index (χ4v) is 1.95. The van der Waals surface area contributed by atoms with Gasteiger partial charge in [-0.1, -0.05) is 0 Å². The van der Waals surface area contributed by atoms with E-state index >= 15 is 0 Å². The smallest absolute Gasteiger partial charge is 0.329 e. The molecule has 0 saturated heterocycles. The number of nitrogens with zero attached hydrogens (tertiary/aromatic N) is 2. The lowest BCUT2D eigenvalue weighted by atomic mass is 10.2. The van der Waals surface area contributed by atoms with Crippen LogP contribution in [0.1, 0.15) is 17.4 Å². The topological polar surface area (TPSA) is 123 Å². The first-order valence-electron chi connectivity index (χ1n) is 5.89. The molecule has 1 aromatic rings. The van der Waals surface area contributed by atoms with Crippen LogP contribution in [-0.2, 0) is 17.9 Å². The predicted molar refractivity (Wildman–Crippen MR) is 69.4 cm³/mol. The molecule has 112 valence electrons. The molecule has 0 radical (unpaired) electrons. The van der Waals surface area contributed by atoms with Crippen LogP contribution in [0.15, 0.2) is 10.9 Å². The van der Waals surface area contributed by atoms with Crippen molar-refractivity contribution in [1.29, 1.82) is 0 Å². The molecule has 1 atom stereocenters. The summed E-state index contributed by atoms with van der Waals surface area (Å²) in [6, 6.07) is -0.432. The molecule has 8 heteroatoms. The van der Waals surface area contributed by atoms with Crippen molar-refractivity contribution in [3.05, 3.63) is 27.7 Å². The third-order valence-electron chi connectivity index (χ3n) is 2.80. The number of rotatable bonds is 6. The van der Waals surface area contributed by atoms with E-state index in [2.05, 4.69) is 0 Å². The fourth-order valence-electron chi connectivity index (χ4n) is 1.95. The first kappa shape index (κ1) is 16.2. The van der Waals surface area contributed by atoms with Gasteiger partial charge in [0.25, 0.3) is 0 Å². The summed E-state index contributed by atoms with van der Waals surface area (Å²) in [5.41, 5.74) is -0.650. The Morgan fingerprint density at radius 2 is 2.00 bits per heavy atom. The normalized spacial score (nSPS) is 12.7. The quantitative estimate of drug-likeness (QED) is 0.514. The molecule has 0 aliphatic rings. The Morgan fingerprint density at radius 3 is 2.40 bits per heavy atom. The number of pyridine rings is 1. The first-order valence-corrected chi connectivity index (χ1v) is 5.89. The average Bonchev–Trinajstić information content (AvgIpc) is 2.37. The van der Waals surface area contributed by atoms with Gasteiger partial charge in [0.1, 0.15) is 0 Å². The van der Waals surface area contributed by atoms with E-state index in [4.69, 9.17) is 5.11 Å². The number of aromatic nitrogens is 1. The van der Waals surface area contributed by atoms with Crippen LogP contribution in [0.4, 0.5) is 0 Å². The van der Waals surface area contributed by atoms with Gasteiger partial charge in [-0.05, 0) is 14.1 Å². The van der Waals surface area contributed by atoms with Crippen LogP contribution < -0.4 is 5.43 Å². The van der Waals surface area contributed by atoms with Crippen molar-refractivity contribution in [3.63, 3.8) is 0 Å². The molecule has 4 N–H and O–H groups in total. The largest absolute Gasteiger partial charge is 0.503 e. The van der Waals surface area contributed by atoms with Gasteiger partial charge in [-0.3, -0.25) is 4.79 Å². The van der Waals surface area contributed by atoms with Gasteiger partial charge in [0.15, 0.2) is 11.8 Å². The van der Waals surface area contributed by atoms with E-state index in [0.717, 1.165) is 10.6 Å². The Balaban J connectivity index is 3.63. The van der Waals surface area contributed by atoms with Gasteiger partial charge in [-0.2, -0.15) is 0 Å². The Hall–Kier alpha value is -1.90. The van der Waals surface area contributed by atoms with Gasteiger partial charge < -0.3 is 29.9 Å². The number of hydrogen-bond acceptors (Lipinski definition) is 6. The highest BCUT2D eigenvalue weighted by atomic mass is 16.4. The lowest BCUT2D eigenvalue weighted by Gasteiger charge is -2.24. The number of aliphatic carboxylic acids is 1. The molecule has 8 nitrogen and oxygen atoms in total. The summed E-state index contributed by atoms with van der Waals surface area (Å²) < 4.78 is 1.08. The molecule has 0 spiro atoms. The Bertz CT molecular complexity index is 552. The van der Waals surface area contributed by atoms with Gasteiger partial charge in [-0.15, -0.1) is 0 Å². The number of aliphatic hydroxyl groups excluding tert-OH is 2. The van der Waals surface area contributed by atoms with Crippen molar-refractivity contribution in [2.45, 2.75) is 19.2 Å². The van der Waals surface area contributed by atoms with Crippen LogP contribution >= 0.6 is 0 Å². The monoisotopic (exact) mass is 286 g/mol. The number of hydrogen-bond donors (Lipinski definition) is 4. The number of aromatic hydroxyl groups is 1. The van der Waals surface area contributed by atoms with Gasteiger partial charge in [0, 0.05) is 18.3 Å². The number of carboxylic acids is 1. The van der Waals surface area contributed by atoms with Crippen molar-refractivity contribution in [2.75, 3.05) is 20.7 Å². The fraction of sp³-hybridized carbons (Fsp3) is 0.500. The van der Waals surface area contributed by atoms with Gasteiger partial charge in [-0.25, -0.2) is 4.79 Å². The van der Waals surface area contributed by atoms with Crippen LogP contribution in [0.3, 0.4) is 0 Å². The molecule has 0 aromatic carbocycles. The van der Waals surface area contributed by atoms with E-state index in [1.165, 1.54) is 0 Å². The summed E-state index contributed by atoms with van der Waals surface area (Å²) in [4.78, 5) is 24.5. The Morgan fingerprint density at radius 1 is 1.40 bits per heavy atom. The number of aliphatic hydroxyl groups is 2. The zero-order chi connectivity index (χ0) is 15.4. The Labute approximate surface area is 115 Å². The lowest BCUT2D eigenvalue weighted by molar-refractivity contribution is -0.142. The van der Waals surface area contributed by atoms with Crippen LogP contribution in [0.5, 0.6) is 5.75 Å². The molecule has 0 aliphatic heterocycles. The standard InChI is InChI=1S/C12H18N2O6/c1-13(2)4-8-11(18)10(17)3-7(5-15)14(8)9(6-16)12(19)20/h3,9,15-16,18H,4-6H2,1-2H3,(H,19,20). The van der Waals surface area contributed by atoms with Gasteiger partial charge in [0.2, 0.25) is 5.43 Å². The molecule has 20 heavy (non-hydrogen) atoms. The van der Waals surface area contributed by atoms with Crippen molar-refractivity contribution < 1.29 is 25.2 Å². The summed E-state index contributed by atoms with van der Waals surface area (Å²) in [7, 11) is 3.35. The maximum absolute atomic E-state index is 11.6. The SMILES string of the molecule is CN(C)Cc1c(O)c(=O)cc(CO)n1C(CO)C(=O)O. The Kier molecular flexibility index (Phi) is 5.26. The van der Waals surface area contributed by atoms with Crippen LogP contribution in [0.2, 0.25) is 0 Å². The van der Waals surface area contributed by atoms with Crippen molar-refractivity contribution >= 4 is 5.97 Å². The summed E-state index contributed by atoms with van der Waals surface area (Å²) in [6.45, 7) is -1.23. The highest BCUT2D eigenvalue weighted by Crippen LogP contribution is 2.21. The van der Waals surface area contributed by atoms with Crippen LogP contribution in [0.25, 0.3) is 0 Å². The zero-order valence-electron chi connectivity index (χ0n) is 11.3. The highest BCUT2D eigenvalue weighted by Gasteiger charge is 2.26. The summed E-state index contributed by atoms with van der Waals surface area (Å²) >= 11 is 0.